The van der Waals surface area contributed by atoms with Crippen molar-refractivity contribution in [1.82, 2.24) is 5.32 Å². The summed E-state index contributed by atoms with van der Waals surface area (Å²) in [6.07, 6.45) is -0.367. The second-order valence-electron chi connectivity index (χ2n) is 4.77. The number of benzene rings is 1. The molecule has 1 N–H and O–H groups in total. The van der Waals surface area contributed by atoms with Crippen molar-refractivity contribution in [2.24, 2.45) is 0 Å². The molecule has 1 fully saturated rings. The van der Waals surface area contributed by atoms with Crippen molar-refractivity contribution in [3.8, 4) is 5.75 Å². The summed E-state index contributed by atoms with van der Waals surface area (Å²) in [5.41, 5.74) is 1.79. The topological polar surface area (TPSA) is 21.3 Å². The van der Waals surface area contributed by atoms with Crippen LogP contribution >= 0.6 is 0 Å². The number of rotatable bonds is 5. The van der Waals surface area contributed by atoms with Gasteiger partial charge >= 0.3 is 6.36 Å². The second kappa shape index (κ2) is 5.65. The minimum absolute atomic E-state index is 0.191. The fraction of sp³-hybridized carbons (Fsp3) is 0.429. The van der Waals surface area contributed by atoms with Crippen LogP contribution in [0.3, 0.4) is 0 Å². The van der Waals surface area contributed by atoms with Crippen molar-refractivity contribution in [2.45, 2.75) is 32.2 Å². The quantitative estimate of drug-likeness (QED) is 0.880. The van der Waals surface area contributed by atoms with Crippen molar-refractivity contribution in [2.75, 3.05) is 6.54 Å². The Morgan fingerprint density at radius 2 is 2.16 bits per heavy atom. The highest BCUT2D eigenvalue weighted by Gasteiger charge is 2.31. The summed E-state index contributed by atoms with van der Waals surface area (Å²) < 4.78 is 40.2. The van der Waals surface area contributed by atoms with Crippen LogP contribution < -0.4 is 10.1 Å². The van der Waals surface area contributed by atoms with E-state index in [9.17, 15) is 13.2 Å². The van der Waals surface area contributed by atoms with E-state index in [4.69, 9.17) is 0 Å². The van der Waals surface area contributed by atoms with Crippen LogP contribution in [0, 0.1) is 0 Å². The monoisotopic (exact) mass is 271 g/mol. The number of hydrogen-bond donors (Lipinski definition) is 1. The number of alkyl halides is 3. The Morgan fingerprint density at radius 1 is 1.42 bits per heavy atom. The van der Waals surface area contributed by atoms with Gasteiger partial charge in [-0.05, 0) is 37.5 Å². The number of hydrogen-bond acceptors (Lipinski definition) is 2. The lowest BCUT2D eigenvalue weighted by molar-refractivity contribution is -0.274. The van der Waals surface area contributed by atoms with E-state index in [1.165, 1.54) is 25.0 Å². The first-order valence-corrected chi connectivity index (χ1v) is 6.19. The summed E-state index contributed by atoms with van der Waals surface area (Å²) in [6, 6.07) is 6.60. The first kappa shape index (κ1) is 13.9. The lowest BCUT2D eigenvalue weighted by atomic mass is 10.1. The number of nitrogens with one attached hydrogen (secondary N) is 1. The maximum Gasteiger partial charge on any atom is 0.573 e. The van der Waals surface area contributed by atoms with Gasteiger partial charge in [-0.2, -0.15) is 0 Å². The molecule has 1 aromatic rings. The Hall–Kier alpha value is -1.49. The average molecular weight is 271 g/mol. The summed E-state index contributed by atoms with van der Waals surface area (Å²) in [6.45, 7) is 2.71. The molecule has 5 heteroatoms. The van der Waals surface area contributed by atoms with Crippen LogP contribution in [-0.2, 0) is 0 Å². The highest BCUT2D eigenvalue weighted by atomic mass is 19.4. The molecule has 0 aliphatic heterocycles. The van der Waals surface area contributed by atoms with Crippen molar-refractivity contribution in [3.05, 3.63) is 35.4 Å². The van der Waals surface area contributed by atoms with Crippen LogP contribution in [0.4, 0.5) is 13.2 Å². The average Bonchev–Trinajstić information content (AvgIpc) is 3.08. The van der Waals surface area contributed by atoms with Crippen molar-refractivity contribution in [1.29, 1.82) is 0 Å². The predicted octanol–water partition coefficient (Wildman–Crippen LogP) is 3.74. The highest BCUT2D eigenvalue weighted by molar-refractivity contribution is 5.54. The Labute approximate surface area is 110 Å². The van der Waals surface area contributed by atoms with Crippen LogP contribution in [0.15, 0.2) is 29.8 Å². The van der Waals surface area contributed by atoms with Crippen molar-refractivity contribution in [3.63, 3.8) is 0 Å². The van der Waals surface area contributed by atoms with Gasteiger partial charge in [0.15, 0.2) is 0 Å². The molecule has 2 rings (SSSR count). The largest absolute Gasteiger partial charge is 0.573 e. The third-order valence-corrected chi connectivity index (χ3v) is 2.75. The molecule has 104 valence electrons. The van der Waals surface area contributed by atoms with Crippen LogP contribution in [0.25, 0.3) is 6.08 Å². The molecule has 0 heterocycles. The number of halogens is 3. The zero-order valence-electron chi connectivity index (χ0n) is 10.6. The normalized spacial score (nSPS) is 16.5. The molecule has 0 saturated heterocycles. The summed E-state index contributed by atoms with van der Waals surface area (Å²) in [5.74, 6) is -0.191. The molecular weight excluding hydrogens is 255 g/mol. The minimum atomic E-state index is -4.65. The lowest BCUT2D eigenvalue weighted by Crippen LogP contribution is -2.18. The molecule has 1 saturated carbocycles. The molecule has 19 heavy (non-hydrogen) atoms. The van der Waals surface area contributed by atoms with Gasteiger partial charge in [0.25, 0.3) is 0 Å². The van der Waals surface area contributed by atoms with Crippen molar-refractivity contribution < 1.29 is 17.9 Å². The van der Waals surface area contributed by atoms with Crippen LogP contribution in [0.5, 0.6) is 5.75 Å². The van der Waals surface area contributed by atoms with E-state index >= 15 is 0 Å². The smallest absolute Gasteiger partial charge is 0.406 e. The third kappa shape index (κ3) is 5.34. The van der Waals surface area contributed by atoms with Gasteiger partial charge in [-0.1, -0.05) is 23.8 Å². The van der Waals surface area contributed by atoms with E-state index in [0.717, 1.165) is 12.1 Å². The predicted molar refractivity (Wildman–Crippen MR) is 67.8 cm³/mol. The van der Waals surface area contributed by atoms with Gasteiger partial charge in [-0.15, -0.1) is 13.2 Å². The van der Waals surface area contributed by atoms with E-state index in [2.05, 4.69) is 10.1 Å². The van der Waals surface area contributed by atoms with E-state index in [-0.39, 0.29) is 5.75 Å². The van der Waals surface area contributed by atoms with E-state index < -0.39 is 6.36 Å². The lowest BCUT2D eigenvalue weighted by Gasteiger charge is -2.09. The highest BCUT2D eigenvalue weighted by Crippen LogP contribution is 2.24. The molecule has 1 aliphatic rings. The molecule has 1 aliphatic carbocycles. The van der Waals surface area contributed by atoms with Gasteiger partial charge in [-0.25, -0.2) is 0 Å². The number of ether oxygens (including phenoxy) is 1. The fourth-order valence-corrected chi connectivity index (χ4v) is 1.73. The molecular formula is C14H16F3NO. The maximum atomic E-state index is 12.1. The van der Waals surface area contributed by atoms with Crippen LogP contribution in [0.2, 0.25) is 0 Å². The zero-order valence-corrected chi connectivity index (χ0v) is 10.6. The maximum absolute atomic E-state index is 12.1. The van der Waals surface area contributed by atoms with E-state index in [1.807, 2.05) is 13.0 Å². The Bertz CT molecular complexity index is 464. The summed E-state index contributed by atoms with van der Waals surface area (Å²) in [4.78, 5) is 0. The summed E-state index contributed by atoms with van der Waals surface area (Å²) >= 11 is 0. The molecule has 2 nitrogen and oxygen atoms in total. The molecule has 1 aromatic carbocycles. The van der Waals surface area contributed by atoms with E-state index in [0.29, 0.717) is 11.6 Å². The molecule has 0 atom stereocenters. The fourth-order valence-electron chi connectivity index (χ4n) is 1.73. The molecule has 0 radical (unpaired) electrons. The standard InChI is InChI=1S/C14H16F3NO/c1-10(9-18-12-5-6-12)7-11-3-2-4-13(8-11)19-14(15,16)17/h2-4,7-8,12,18H,5-6,9H2,1H3/b10-7-. The second-order valence-corrected chi connectivity index (χ2v) is 4.77. The Kier molecular flexibility index (Phi) is 4.14. The first-order valence-electron chi connectivity index (χ1n) is 6.19. The SMILES string of the molecule is C/C(=C/c1cccc(OC(F)(F)F)c1)CNC1CC1. The minimum Gasteiger partial charge on any atom is -0.406 e. The van der Waals surface area contributed by atoms with Gasteiger partial charge in [0.05, 0.1) is 0 Å². The zero-order chi connectivity index (χ0) is 13.9. The summed E-state index contributed by atoms with van der Waals surface area (Å²) in [5, 5.41) is 3.35. The Balaban J connectivity index is 1.98. The first-order chi connectivity index (χ1) is 8.92. The van der Waals surface area contributed by atoms with Gasteiger partial charge in [0.1, 0.15) is 5.75 Å². The molecule has 0 amide bonds. The van der Waals surface area contributed by atoms with Gasteiger partial charge in [0.2, 0.25) is 0 Å². The van der Waals surface area contributed by atoms with Crippen LogP contribution in [0.1, 0.15) is 25.3 Å². The molecule has 0 bridgehead atoms. The van der Waals surface area contributed by atoms with Crippen LogP contribution in [-0.4, -0.2) is 18.9 Å². The Morgan fingerprint density at radius 3 is 2.79 bits per heavy atom. The van der Waals surface area contributed by atoms with Crippen molar-refractivity contribution >= 4 is 6.08 Å². The molecule has 0 unspecified atom stereocenters. The van der Waals surface area contributed by atoms with Gasteiger partial charge in [-0.3, -0.25) is 0 Å². The van der Waals surface area contributed by atoms with Gasteiger partial charge < -0.3 is 10.1 Å². The molecule has 0 aromatic heterocycles. The third-order valence-electron chi connectivity index (χ3n) is 2.75. The van der Waals surface area contributed by atoms with E-state index in [1.54, 1.807) is 12.1 Å². The summed E-state index contributed by atoms with van der Waals surface area (Å²) in [7, 11) is 0. The van der Waals surface area contributed by atoms with Gasteiger partial charge in [0, 0.05) is 12.6 Å². The molecule has 0 spiro atoms.